The van der Waals surface area contributed by atoms with Crippen LogP contribution in [0.3, 0.4) is 0 Å². The van der Waals surface area contributed by atoms with E-state index >= 15 is 0 Å². The predicted octanol–water partition coefficient (Wildman–Crippen LogP) is 3.26. The first-order valence-electron chi connectivity index (χ1n) is 8.37. The highest BCUT2D eigenvalue weighted by atomic mass is 16.6. The third-order valence-electron chi connectivity index (χ3n) is 3.60. The number of carbonyl (C=O) groups excluding carboxylic acids is 2. The van der Waals surface area contributed by atoms with Crippen molar-refractivity contribution < 1.29 is 23.8 Å². The molecule has 1 N–H and O–H groups in total. The van der Waals surface area contributed by atoms with Crippen LogP contribution in [0.25, 0.3) is 0 Å². The number of ether oxygens (including phenoxy) is 3. The largest absolute Gasteiger partial charge is 0.490 e. The van der Waals surface area contributed by atoms with E-state index in [9.17, 15) is 9.59 Å². The molecule has 0 aliphatic rings. The topological polar surface area (TPSA) is 73.9 Å². The number of rotatable bonds is 8. The van der Waals surface area contributed by atoms with Gasteiger partial charge in [-0.25, -0.2) is 4.79 Å². The normalized spacial score (nSPS) is 10.1. The van der Waals surface area contributed by atoms with E-state index in [0.717, 1.165) is 16.8 Å². The van der Waals surface area contributed by atoms with Crippen molar-refractivity contribution in [3.8, 4) is 11.5 Å². The standard InChI is InChI=1S/C20H23NO5/c1-4-24-16-10-5-6-11-17(16)25-13-19(23)26-12-18(22)21-20-14(2)8-7-9-15(20)3/h5-11H,4,12-13H2,1-3H3,(H,21,22). The Labute approximate surface area is 153 Å². The van der Waals surface area contributed by atoms with Gasteiger partial charge in [-0.2, -0.15) is 0 Å². The van der Waals surface area contributed by atoms with E-state index in [-0.39, 0.29) is 13.2 Å². The molecule has 0 unspecified atom stereocenters. The number of carbonyl (C=O) groups is 2. The van der Waals surface area contributed by atoms with Gasteiger partial charge in [-0.05, 0) is 44.0 Å². The summed E-state index contributed by atoms with van der Waals surface area (Å²) in [5.74, 6) is -0.0275. The Morgan fingerprint density at radius 2 is 1.50 bits per heavy atom. The zero-order chi connectivity index (χ0) is 18.9. The van der Waals surface area contributed by atoms with Crippen molar-refractivity contribution in [1.82, 2.24) is 0 Å². The molecule has 0 saturated carbocycles. The Kier molecular flexibility index (Phi) is 7.02. The minimum Gasteiger partial charge on any atom is -0.490 e. The number of hydrogen-bond acceptors (Lipinski definition) is 5. The second kappa shape index (κ2) is 9.46. The van der Waals surface area contributed by atoms with E-state index in [2.05, 4.69) is 5.32 Å². The number of esters is 1. The van der Waals surface area contributed by atoms with Crippen LogP contribution in [-0.2, 0) is 14.3 Å². The molecule has 2 rings (SSSR count). The molecule has 6 heteroatoms. The van der Waals surface area contributed by atoms with Crippen molar-refractivity contribution in [3.63, 3.8) is 0 Å². The molecule has 2 aromatic carbocycles. The Balaban J connectivity index is 1.81. The van der Waals surface area contributed by atoms with Crippen LogP contribution >= 0.6 is 0 Å². The highest BCUT2D eigenvalue weighted by Gasteiger charge is 2.12. The number of hydrogen-bond donors (Lipinski definition) is 1. The molecule has 6 nitrogen and oxygen atoms in total. The zero-order valence-corrected chi connectivity index (χ0v) is 15.2. The number of amides is 1. The first kappa shape index (κ1) is 19.3. The molecule has 0 fully saturated rings. The fraction of sp³-hybridized carbons (Fsp3) is 0.300. The highest BCUT2D eigenvalue weighted by molar-refractivity contribution is 5.94. The van der Waals surface area contributed by atoms with Gasteiger partial charge in [0.2, 0.25) is 0 Å². The van der Waals surface area contributed by atoms with Crippen LogP contribution in [0, 0.1) is 13.8 Å². The van der Waals surface area contributed by atoms with Crippen molar-refractivity contribution in [2.45, 2.75) is 20.8 Å². The molecule has 0 aromatic heterocycles. The third-order valence-corrected chi connectivity index (χ3v) is 3.60. The van der Waals surface area contributed by atoms with E-state index in [0.29, 0.717) is 18.1 Å². The molecule has 1 amide bonds. The number of anilines is 1. The number of benzene rings is 2. The van der Waals surface area contributed by atoms with Gasteiger partial charge >= 0.3 is 5.97 Å². The SMILES string of the molecule is CCOc1ccccc1OCC(=O)OCC(=O)Nc1c(C)cccc1C. The van der Waals surface area contributed by atoms with Gasteiger partial charge in [-0.3, -0.25) is 4.79 Å². The van der Waals surface area contributed by atoms with Crippen molar-refractivity contribution in [2.24, 2.45) is 0 Å². The van der Waals surface area contributed by atoms with Crippen molar-refractivity contribution in [2.75, 3.05) is 25.1 Å². The predicted molar refractivity (Wildman–Crippen MR) is 98.6 cm³/mol. The Hall–Kier alpha value is -3.02. The summed E-state index contributed by atoms with van der Waals surface area (Å²) >= 11 is 0. The van der Waals surface area contributed by atoms with E-state index in [4.69, 9.17) is 14.2 Å². The molecule has 26 heavy (non-hydrogen) atoms. The fourth-order valence-corrected chi connectivity index (χ4v) is 2.36. The van der Waals surface area contributed by atoms with E-state index in [1.54, 1.807) is 18.2 Å². The summed E-state index contributed by atoms with van der Waals surface area (Å²) in [5, 5.41) is 2.76. The summed E-state index contributed by atoms with van der Waals surface area (Å²) in [6.45, 7) is 5.48. The second-order valence-corrected chi connectivity index (χ2v) is 5.64. The summed E-state index contributed by atoms with van der Waals surface area (Å²) in [4.78, 5) is 23.8. The molecule has 0 spiro atoms. The molecule has 0 aliphatic carbocycles. The molecular formula is C20H23NO5. The van der Waals surface area contributed by atoms with Gasteiger partial charge < -0.3 is 19.5 Å². The van der Waals surface area contributed by atoms with Gasteiger partial charge in [-0.15, -0.1) is 0 Å². The van der Waals surface area contributed by atoms with Crippen molar-refractivity contribution in [3.05, 3.63) is 53.6 Å². The number of aryl methyl sites for hydroxylation is 2. The third kappa shape index (κ3) is 5.51. The van der Waals surface area contributed by atoms with Crippen LogP contribution in [0.4, 0.5) is 5.69 Å². The van der Waals surface area contributed by atoms with Gasteiger partial charge in [0.25, 0.3) is 5.91 Å². The molecule has 0 atom stereocenters. The van der Waals surface area contributed by atoms with E-state index < -0.39 is 11.9 Å². The lowest BCUT2D eigenvalue weighted by Crippen LogP contribution is -2.24. The van der Waals surface area contributed by atoms with Gasteiger partial charge in [0, 0.05) is 5.69 Å². The molecule has 0 bridgehead atoms. The first-order valence-corrected chi connectivity index (χ1v) is 8.37. The minimum atomic E-state index is -0.632. The maximum absolute atomic E-state index is 12.0. The first-order chi connectivity index (χ1) is 12.5. The molecule has 0 heterocycles. The van der Waals surface area contributed by atoms with Crippen LogP contribution in [0.1, 0.15) is 18.1 Å². The van der Waals surface area contributed by atoms with Crippen LogP contribution in [0.2, 0.25) is 0 Å². The van der Waals surface area contributed by atoms with Crippen LogP contribution < -0.4 is 14.8 Å². The summed E-state index contributed by atoms with van der Waals surface area (Å²) in [5.41, 5.74) is 2.62. The van der Waals surface area contributed by atoms with Gasteiger partial charge in [-0.1, -0.05) is 30.3 Å². The molecule has 0 radical (unpaired) electrons. The monoisotopic (exact) mass is 357 g/mol. The fourth-order valence-electron chi connectivity index (χ4n) is 2.36. The summed E-state index contributed by atoms with van der Waals surface area (Å²) in [6, 6.07) is 12.8. The Morgan fingerprint density at radius 3 is 2.12 bits per heavy atom. The quantitative estimate of drug-likeness (QED) is 0.734. The number of nitrogens with one attached hydrogen (secondary N) is 1. The number of para-hydroxylation sites is 3. The maximum Gasteiger partial charge on any atom is 0.344 e. The lowest BCUT2D eigenvalue weighted by atomic mass is 10.1. The van der Waals surface area contributed by atoms with Crippen LogP contribution in [-0.4, -0.2) is 31.7 Å². The smallest absolute Gasteiger partial charge is 0.344 e. The second-order valence-electron chi connectivity index (χ2n) is 5.64. The molecule has 2 aromatic rings. The summed E-state index contributed by atoms with van der Waals surface area (Å²) < 4.78 is 15.8. The van der Waals surface area contributed by atoms with E-state index in [1.807, 2.05) is 45.0 Å². The molecular weight excluding hydrogens is 334 g/mol. The molecule has 138 valence electrons. The average Bonchev–Trinajstić information content (AvgIpc) is 2.62. The van der Waals surface area contributed by atoms with Crippen LogP contribution in [0.15, 0.2) is 42.5 Å². The minimum absolute atomic E-state index is 0.305. The summed E-state index contributed by atoms with van der Waals surface area (Å²) in [7, 11) is 0. The van der Waals surface area contributed by atoms with Gasteiger partial charge in [0.05, 0.1) is 6.61 Å². The Bertz CT molecular complexity index is 752. The van der Waals surface area contributed by atoms with Gasteiger partial charge in [0.15, 0.2) is 24.7 Å². The van der Waals surface area contributed by atoms with Crippen molar-refractivity contribution in [1.29, 1.82) is 0 Å². The van der Waals surface area contributed by atoms with E-state index in [1.165, 1.54) is 0 Å². The highest BCUT2D eigenvalue weighted by Crippen LogP contribution is 2.26. The maximum atomic E-state index is 12.0. The lowest BCUT2D eigenvalue weighted by Gasteiger charge is -2.12. The molecule has 0 saturated heterocycles. The van der Waals surface area contributed by atoms with Crippen molar-refractivity contribution >= 4 is 17.6 Å². The summed E-state index contributed by atoms with van der Waals surface area (Å²) in [6.07, 6.45) is 0. The molecule has 0 aliphatic heterocycles. The lowest BCUT2D eigenvalue weighted by molar-refractivity contribution is -0.149. The zero-order valence-electron chi connectivity index (χ0n) is 15.2. The van der Waals surface area contributed by atoms with Crippen LogP contribution in [0.5, 0.6) is 11.5 Å². The Morgan fingerprint density at radius 1 is 0.885 bits per heavy atom. The van der Waals surface area contributed by atoms with Gasteiger partial charge in [0.1, 0.15) is 0 Å². The average molecular weight is 357 g/mol.